The zero-order valence-electron chi connectivity index (χ0n) is 10.8. The Balaban J connectivity index is 1.72. The van der Waals surface area contributed by atoms with Gasteiger partial charge in [0.1, 0.15) is 11.9 Å². The SMILES string of the molecule is O=[N+]([O-])c1ncccc1NC1CCNC2(CCC2)C1. The van der Waals surface area contributed by atoms with Gasteiger partial charge in [0.2, 0.25) is 0 Å². The maximum Gasteiger partial charge on any atom is 0.386 e. The van der Waals surface area contributed by atoms with Crippen LogP contribution in [0.4, 0.5) is 11.5 Å². The summed E-state index contributed by atoms with van der Waals surface area (Å²) >= 11 is 0. The van der Waals surface area contributed by atoms with Gasteiger partial charge in [-0.3, -0.25) is 0 Å². The summed E-state index contributed by atoms with van der Waals surface area (Å²) in [5, 5.41) is 17.9. The third-order valence-corrected chi connectivity index (χ3v) is 4.26. The second kappa shape index (κ2) is 4.77. The zero-order chi connectivity index (χ0) is 13.3. The Morgan fingerprint density at radius 1 is 1.53 bits per heavy atom. The van der Waals surface area contributed by atoms with Crippen molar-refractivity contribution in [2.75, 3.05) is 11.9 Å². The van der Waals surface area contributed by atoms with E-state index in [1.807, 2.05) is 0 Å². The Morgan fingerprint density at radius 2 is 2.37 bits per heavy atom. The van der Waals surface area contributed by atoms with Crippen molar-refractivity contribution in [2.24, 2.45) is 0 Å². The number of hydrogen-bond donors (Lipinski definition) is 2. The van der Waals surface area contributed by atoms with E-state index in [2.05, 4.69) is 15.6 Å². The van der Waals surface area contributed by atoms with Gasteiger partial charge in [-0.05, 0) is 60.7 Å². The van der Waals surface area contributed by atoms with E-state index in [-0.39, 0.29) is 11.4 Å². The molecule has 2 aliphatic rings. The van der Waals surface area contributed by atoms with Crippen molar-refractivity contribution in [3.05, 3.63) is 28.4 Å². The molecular weight excluding hydrogens is 244 g/mol. The van der Waals surface area contributed by atoms with E-state index in [1.165, 1.54) is 25.5 Å². The Kier molecular flexibility index (Phi) is 3.10. The summed E-state index contributed by atoms with van der Waals surface area (Å²) < 4.78 is 0. The van der Waals surface area contributed by atoms with E-state index in [9.17, 15) is 10.1 Å². The van der Waals surface area contributed by atoms with Crippen LogP contribution in [0.15, 0.2) is 18.3 Å². The number of nitro groups is 1. The number of nitrogens with one attached hydrogen (secondary N) is 2. The van der Waals surface area contributed by atoms with Gasteiger partial charge >= 0.3 is 5.82 Å². The first-order chi connectivity index (χ1) is 9.19. The minimum atomic E-state index is -0.428. The average Bonchev–Trinajstić information content (AvgIpc) is 2.37. The lowest BCUT2D eigenvalue weighted by Gasteiger charge is -2.48. The fourth-order valence-corrected chi connectivity index (χ4v) is 3.14. The van der Waals surface area contributed by atoms with Crippen LogP contribution in [0, 0.1) is 10.1 Å². The zero-order valence-corrected chi connectivity index (χ0v) is 10.8. The molecule has 0 radical (unpaired) electrons. The Hall–Kier alpha value is -1.69. The smallest absolute Gasteiger partial charge is 0.375 e. The lowest BCUT2D eigenvalue weighted by atomic mass is 9.70. The average molecular weight is 262 g/mol. The summed E-state index contributed by atoms with van der Waals surface area (Å²) in [4.78, 5) is 14.4. The number of rotatable bonds is 3. The molecule has 102 valence electrons. The molecule has 1 atom stereocenters. The fraction of sp³-hybridized carbons (Fsp3) is 0.615. The van der Waals surface area contributed by atoms with Crippen molar-refractivity contribution in [1.82, 2.24) is 10.3 Å². The maximum absolute atomic E-state index is 10.9. The molecule has 1 aliphatic heterocycles. The summed E-state index contributed by atoms with van der Waals surface area (Å²) in [5.41, 5.74) is 0.821. The summed E-state index contributed by atoms with van der Waals surface area (Å²) in [6.45, 7) is 0.978. The third kappa shape index (κ3) is 2.40. The highest BCUT2D eigenvalue weighted by atomic mass is 16.6. The first kappa shape index (κ1) is 12.3. The van der Waals surface area contributed by atoms with Gasteiger partial charge in [0, 0.05) is 11.6 Å². The summed E-state index contributed by atoms with van der Waals surface area (Å²) in [5.74, 6) is -0.0799. The molecule has 1 aromatic rings. The summed E-state index contributed by atoms with van der Waals surface area (Å²) in [6.07, 6.45) is 7.22. The highest BCUT2D eigenvalue weighted by Gasteiger charge is 2.41. The highest BCUT2D eigenvalue weighted by molar-refractivity contribution is 5.57. The molecule has 2 fully saturated rings. The highest BCUT2D eigenvalue weighted by Crippen LogP contribution is 2.39. The molecule has 6 nitrogen and oxygen atoms in total. The van der Waals surface area contributed by atoms with Crippen molar-refractivity contribution in [1.29, 1.82) is 0 Å². The van der Waals surface area contributed by atoms with E-state index in [4.69, 9.17) is 0 Å². The molecule has 1 aromatic heterocycles. The molecule has 0 amide bonds. The molecule has 1 unspecified atom stereocenters. The lowest BCUT2D eigenvalue weighted by Crippen LogP contribution is -2.58. The molecule has 1 aliphatic carbocycles. The van der Waals surface area contributed by atoms with Crippen LogP contribution >= 0.6 is 0 Å². The largest absolute Gasteiger partial charge is 0.386 e. The third-order valence-electron chi connectivity index (χ3n) is 4.26. The number of anilines is 1. The van der Waals surface area contributed by atoms with Gasteiger partial charge in [0.05, 0.1) is 0 Å². The molecule has 6 heteroatoms. The van der Waals surface area contributed by atoms with Crippen molar-refractivity contribution in [3.63, 3.8) is 0 Å². The Morgan fingerprint density at radius 3 is 3.05 bits per heavy atom. The number of piperidine rings is 1. The second-order valence-corrected chi connectivity index (χ2v) is 5.53. The van der Waals surface area contributed by atoms with Gasteiger partial charge in [0.15, 0.2) is 0 Å². The molecule has 1 spiro atoms. The minimum absolute atomic E-state index is 0.0799. The van der Waals surface area contributed by atoms with Crippen LogP contribution in [-0.2, 0) is 0 Å². The van der Waals surface area contributed by atoms with Crippen molar-refractivity contribution in [2.45, 2.75) is 43.7 Å². The van der Waals surface area contributed by atoms with E-state index in [1.54, 1.807) is 12.1 Å². The van der Waals surface area contributed by atoms with Crippen LogP contribution in [0.25, 0.3) is 0 Å². The molecule has 2 heterocycles. The van der Waals surface area contributed by atoms with Crippen LogP contribution in [0.3, 0.4) is 0 Å². The first-order valence-corrected chi connectivity index (χ1v) is 6.80. The summed E-state index contributed by atoms with van der Waals surface area (Å²) in [6, 6.07) is 3.76. The quantitative estimate of drug-likeness (QED) is 0.644. The van der Waals surface area contributed by atoms with Gasteiger partial charge in [0.25, 0.3) is 0 Å². The number of aromatic nitrogens is 1. The topological polar surface area (TPSA) is 80.1 Å². The summed E-state index contributed by atoms with van der Waals surface area (Å²) in [7, 11) is 0. The van der Waals surface area contributed by atoms with Gasteiger partial charge in [-0.2, -0.15) is 0 Å². The van der Waals surface area contributed by atoms with E-state index >= 15 is 0 Å². The minimum Gasteiger partial charge on any atom is -0.375 e. The van der Waals surface area contributed by atoms with E-state index < -0.39 is 4.92 Å². The Labute approximate surface area is 111 Å². The van der Waals surface area contributed by atoms with Crippen LogP contribution in [0.2, 0.25) is 0 Å². The van der Waals surface area contributed by atoms with Gasteiger partial charge in [-0.25, -0.2) is 0 Å². The molecule has 1 saturated carbocycles. The van der Waals surface area contributed by atoms with Gasteiger partial charge < -0.3 is 20.7 Å². The fourth-order valence-electron chi connectivity index (χ4n) is 3.14. The molecular formula is C13H18N4O2. The second-order valence-electron chi connectivity index (χ2n) is 5.53. The number of nitrogens with zero attached hydrogens (tertiary/aromatic N) is 2. The van der Waals surface area contributed by atoms with Gasteiger partial charge in [-0.15, -0.1) is 0 Å². The molecule has 19 heavy (non-hydrogen) atoms. The molecule has 2 N–H and O–H groups in total. The van der Waals surface area contributed by atoms with Crippen LogP contribution in [-0.4, -0.2) is 28.0 Å². The predicted octanol–water partition coefficient (Wildman–Crippen LogP) is 2.08. The molecule has 1 saturated heterocycles. The van der Waals surface area contributed by atoms with Gasteiger partial charge in [-0.1, -0.05) is 0 Å². The first-order valence-electron chi connectivity index (χ1n) is 6.80. The standard InChI is InChI=1S/C13H18N4O2/c18-17(19)12-11(3-1-7-14-12)16-10-4-8-15-13(9-10)5-2-6-13/h1,3,7,10,15-16H,2,4-6,8-9H2. The normalized spacial score (nSPS) is 24.7. The van der Waals surface area contributed by atoms with Crippen molar-refractivity contribution in [3.8, 4) is 0 Å². The molecule has 0 aromatic carbocycles. The maximum atomic E-state index is 10.9. The number of pyridine rings is 1. The lowest BCUT2D eigenvalue weighted by molar-refractivity contribution is -0.388. The van der Waals surface area contributed by atoms with Crippen LogP contribution in [0.5, 0.6) is 0 Å². The van der Waals surface area contributed by atoms with E-state index in [0.717, 1.165) is 19.4 Å². The number of hydrogen-bond acceptors (Lipinski definition) is 5. The van der Waals surface area contributed by atoms with Crippen molar-refractivity contribution >= 4 is 11.5 Å². The van der Waals surface area contributed by atoms with Crippen LogP contribution < -0.4 is 10.6 Å². The predicted molar refractivity (Wildman–Crippen MR) is 72.1 cm³/mol. The molecule has 3 rings (SSSR count). The van der Waals surface area contributed by atoms with Crippen LogP contribution in [0.1, 0.15) is 32.1 Å². The van der Waals surface area contributed by atoms with E-state index in [0.29, 0.717) is 11.7 Å². The Bertz CT molecular complexity index is 487. The monoisotopic (exact) mass is 262 g/mol. The molecule has 0 bridgehead atoms. The van der Waals surface area contributed by atoms with Crippen molar-refractivity contribution < 1.29 is 4.92 Å².